The second-order valence-corrected chi connectivity index (χ2v) is 7.19. The zero-order valence-corrected chi connectivity index (χ0v) is 16.3. The van der Waals surface area contributed by atoms with Gasteiger partial charge in [0, 0.05) is 38.3 Å². The van der Waals surface area contributed by atoms with Crippen molar-refractivity contribution in [1.82, 2.24) is 9.80 Å². The van der Waals surface area contributed by atoms with E-state index in [9.17, 15) is 31.1 Å². The van der Waals surface area contributed by atoms with Crippen LogP contribution in [0.4, 0.5) is 26.3 Å². The molecule has 0 aromatic heterocycles. The highest BCUT2D eigenvalue weighted by atomic mass is 19.4. The third-order valence-corrected chi connectivity index (χ3v) is 4.83. The molecule has 1 fully saturated rings. The SMILES string of the molecule is O=C(c1ccc(C(F)(F)F)cc1)N1CCN(Cc2cccc(OCC(F)(F)F)c2)CC1. The van der Waals surface area contributed by atoms with E-state index in [0.29, 0.717) is 32.7 Å². The molecule has 10 heteroatoms. The first-order valence-electron chi connectivity index (χ1n) is 9.49. The molecule has 2 aromatic carbocycles. The molecule has 168 valence electrons. The van der Waals surface area contributed by atoms with Crippen LogP contribution in [-0.2, 0) is 12.7 Å². The van der Waals surface area contributed by atoms with Crippen LogP contribution in [0.15, 0.2) is 48.5 Å². The summed E-state index contributed by atoms with van der Waals surface area (Å²) < 4.78 is 79.6. The molecule has 0 saturated carbocycles. The molecular weight excluding hydrogens is 426 g/mol. The Balaban J connectivity index is 1.52. The van der Waals surface area contributed by atoms with Gasteiger partial charge in [0.05, 0.1) is 5.56 Å². The van der Waals surface area contributed by atoms with Gasteiger partial charge < -0.3 is 9.64 Å². The number of benzene rings is 2. The largest absolute Gasteiger partial charge is 0.484 e. The number of hydrogen-bond acceptors (Lipinski definition) is 3. The number of carbonyl (C=O) groups is 1. The fraction of sp³-hybridized carbons (Fsp3) is 0.381. The molecule has 0 bridgehead atoms. The Hall–Kier alpha value is -2.75. The van der Waals surface area contributed by atoms with Gasteiger partial charge in [-0.1, -0.05) is 12.1 Å². The fourth-order valence-corrected chi connectivity index (χ4v) is 3.25. The minimum Gasteiger partial charge on any atom is -0.484 e. The normalized spacial score (nSPS) is 15.7. The number of alkyl halides is 6. The van der Waals surface area contributed by atoms with E-state index in [1.165, 1.54) is 18.2 Å². The number of piperazine rings is 1. The summed E-state index contributed by atoms with van der Waals surface area (Å²) in [7, 11) is 0. The van der Waals surface area contributed by atoms with Crippen molar-refractivity contribution in [3.8, 4) is 5.75 Å². The monoisotopic (exact) mass is 446 g/mol. The van der Waals surface area contributed by atoms with Crippen molar-refractivity contribution in [3.63, 3.8) is 0 Å². The van der Waals surface area contributed by atoms with Crippen LogP contribution in [0.25, 0.3) is 0 Å². The van der Waals surface area contributed by atoms with E-state index in [1.54, 1.807) is 23.1 Å². The molecule has 1 amide bonds. The van der Waals surface area contributed by atoms with E-state index < -0.39 is 24.5 Å². The molecule has 0 unspecified atom stereocenters. The Bertz CT molecular complexity index is 888. The third-order valence-electron chi connectivity index (χ3n) is 4.83. The number of halogens is 6. The Labute approximate surface area is 175 Å². The van der Waals surface area contributed by atoms with E-state index in [-0.39, 0.29) is 17.2 Å². The Morgan fingerprint density at radius 1 is 0.903 bits per heavy atom. The van der Waals surface area contributed by atoms with Gasteiger partial charge in [0.2, 0.25) is 0 Å². The van der Waals surface area contributed by atoms with Crippen molar-refractivity contribution in [1.29, 1.82) is 0 Å². The molecular formula is C21H20F6N2O2. The standard InChI is InChI=1S/C21H20F6N2O2/c22-20(23,24)14-31-18-3-1-2-15(12-18)13-28-8-10-29(11-9-28)19(30)16-4-6-17(7-5-16)21(25,26)27/h1-7,12H,8-11,13-14H2. The summed E-state index contributed by atoms with van der Waals surface area (Å²) in [6, 6.07) is 10.5. The van der Waals surface area contributed by atoms with Gasteiger partial charge in [0.25, 0.3) is 5.91 Å². The van der Waals surface area contributed by atoms with Crippen molar-refractivity contribution in [2.24, 2.45) is 0 Å². The summed E-state index contributed by atoms with van der Waals surface area (Å²) in [4.78, 5) is 16.2. The molecule has 1 heterocycles. The molecule has 0 aliphatic carbocycles. The molecule has 31 heavy (non-hydrogen) atoms. The first kappa shape index (κ1) is 22.9. The lowest BCUT2D eigenvalue weighted by Gasteiger charge is -2.35. The average Bonchev–Trinajstić information content (AvgIpc) is 2.72. The van der Waals surface area contributed by atoms with Crippen LogP contribution in [0.1, 0.15) is 21.5 Å². The molecule has 1 saturated heterocycles. The predicted molar refractivity (Wildman–Crippen MR) is 101 cm³/mol. The molecule has 1 aliphatic heterocycles. The Kier molecular flexibility index (Phi) is 6.78. The van der Waals surface area contributed by atoms with Crippen LogP contribution in [-0.4, -0.2) is 54.7 Å². The molecule has 1 aliphatic rings. The third kappa shape index (κ3) is 6.61. The van der Waals surface area contributed by atoms with Gasteiger partial charge in [-0.3, -0.25) is 9.69 Å². The molecule has 0 spiro atoms. The van der Waals surface area contributed by atoms with Gasteiger partial charge in [-0.25, -0.2) is 0 Å². The summed E-state index contributed by atoms with van der Waals surface area (Å²) >= 11 is 0. The molecule has 0 atom stereocenters. The quantitative estimate of drug-likeness (QED) is 0.630. The molecule has 0 radical (unpaired) electrons. The number of nitrogens with zero attached hydrogens (tertiary/aromatic N) is 2. The van der Waals surface area contributed by atoms with Crippen molar-refractivity contribution in [2.75, 3.05) is 32.8 Å². The van der Waals surface area contributed by atoms with E-state index in [0.717, 1.165) is 17.7 Å². The summed E-state index contributed by atoms with van der Waals surface area (Å²) in [5.41, 5.74) is 0.161. The highest BCUT2D eigenvalue weighted by Crippen LogP contribution is 2.29. The van der Waals surface area contributed by atoms with Crippen LogP contribution >= 0.6 is 0 Å². The first-order valence-corrected chi connectivity index (χ1v) is 9.49. The van der Waals surface area contributed by atoms with Crippen LogP contribution in [0.5, 0.6) is 5.75 Å². The van der Waals surface area contributed by atoms with Crippen LogP contribution < -0.4 is 4.74 Å². The van der Waals surface area contributed by atoms with Crippen LogP contribution in [0, 0.1) is 0 Å². The second-order valence-electron chi connectivity index (χ2n) is 7.19. The lowest BCUT2D eigenvalue weighted by molar-refractivity contribution is -0.153. The van der Waals surface area contributed by atoms with Crippen molar-refractivity contribution in [2.45, 2.75) is 18.9 Å². The lowest BCUT2D eigenvalue weighted by Crippen LogP contribution is -2.48. The summed E-state index contributed by atoms with van der Waals surface area (Å²) in [5.74, 6) is -0.207. The van der Waals surface area contributed by atoms with Gasteiger partial charge >= 0.3 is 12.4 Å². The maximum Gasteiger partial charge on any atom is 0.422 e. The summed E-state index contributed by atoms with van der Waals surface area (Å²) in [6.07, 6.45) is -8.87. The van der Waals surface area contributed by atoms with Crippen LogP contribution in [0.2, 0.25) is 0 Å². The Morgan fingerprint density at radius 3 is 2.13 bits per heavy atom. The second kappa shape index (κ2) is 9.17. The highest BCUT2D eigenvalue weighted by molar-refractivity contribution is 5.94. The van der Waals surface area contributed by atoms with Crippen molar-refractivity contribution in [3.05, 3.63) is 65.2 Å². The molecule has 0 N–H and O–H groups in total. The first-order chi connectivity index (χ1) is 14.5. The van der Waals surface area contributed by atoms with Crippen LogP contribution in [0.3, 0.4) is 0 Å². The van der Waals surface area contributed by atoms with E-state index in [1.807, 2.05) is 4.90 Å². The van der Waals surface area contributed by atoms with Gasteiger partial charge in [-0.05, 0) is 42.0 Å². The van der Waals surface area contributed by atoms with Gasteiger partial charge in [-0.2, -0.15) is 26.3 Å². The highest BCUT2D eigenvalue weighted by Gasteiger charge is 2.31. The number of hydrogen-bond donors (Lipinski definition) is 0. The molecule has 3 rings (SSSR count). The zero-order valence-electron chi connectivity index (χ0n) is 16.3. The summed E-state index contributed by atoms with van der Waals surface area (Å²) in [6.45, 7) is 0.959. The van der Waals surface area contributed by atoms with E-state index >= 15 is 0 Å². The lowest BCUT2D eigenvalue weighted by atomic mass is 10.1. The minimum absolute atomic E-state index is 0.131. The zero-order chi connectivity index (χ0) is 22.6. The number of amides is 1. The molecule has 2 aromatic rings. The average molecular weight is 446 g/mol. The van der Waals surface area contributed by atoms with Crippen molar-refractivity contribution >= 4 is 5.91 Å². The van der Waals surface area contributed by atoms with Gasteiger partial charge in [-0.15, -0.1) is 0 Å². The number of rotatable bonds is 5. The number of ether oxygens (including phenoxy) is 1. The minimum atomic E-state index is -4.46. The van der Waals surface area contributed by atoms with E-state index in [2.05, 4.69) is 0 Å². The summed E-state index contributed by atoms with van der Waals surface area (Å²) in [5, 5.41) is 0. The Morgan fingerprint density at radius 2 is 1.55 bits per heavy atom. The predicted octanol–water partition coefficient (Wildman–Crippen LogP) is 4.60. The smallest absolute Gasteiger partial charge is 0.422 e. The molecule has 4 nitrogen and oxygen atoms in total. The maximum atomic E-state index is 12.7. The van der Waals surface area contributed by atoms with Crippen molar-refractivity contribution < 1.29 is 35.9 Å². The topological polar surface area (TPSA) is 32.8 Å². The number of carbonyl (C=O) groups excluding carboxylic acids is 1. The van der Waals surface area contributed by atoms with E-state index in [4.69, 9.17) is 4.74 Å². The van der Waals surface area contributed by atoms with Gasteiger partial charge in [0.1, 0.15) is 5.75 Å². The maximum absolute atomic E-state index is 12.7. The van der Waals surface area contributed by atoms with Gasteiger partial charge in [0.15, 0.2) is 6.61 Å². The fourth-order valence-electron chi connectivity index (χ4n) is 3.25.